The van der Waals surface area contributed by atoms with Crippen LogP contribution in [-0.2, 0) is 5.41 Å². The van der Waals surface area contributed by atoms with Crippen molar-refractivity contribution in [2.24, 2.45) is 4.99 Å². The summed E-state index contributed by atoms with van der Waals surface area (Å²) in [4.78, 5) is 4.30. The van der Waals surface area contributed by atoms with E-state index in [1.807, 2.05) is 18.2 Å². The van der Waals surface area contributed by atoms with E-state index in [0.717, 1.165) is 35.9 Å². The second-order valence-electron chi connectivity index (χ2n) is 6.07. The van der Waals surface area contributed by atoms with Crippen LogP contribution in [-0.4, -0.2) is 25.6 Å². The highest BCUT2D eigenvalue weighted by atomic mass is 35.5. The number of nitrogens with zero attached hydrogens (tertiary/aromatic N) is 1. The zero-order valence-corrected chi connectivity index (χ0v) is 13.7. The largest absolute Gasteiger partial charge is 0.356 e. The Hall–Kier alpha value is -1.48. The van der Waals surface area contributed by atoms with Gasteiger partial charge in [-0.25, -0.2) is 0 Å². The van der Waals surface area contributed by atoms with Gasteiger partial charge in [0.2, 0.25) is 0 Å². The van der Waals surface area contributed by atoms with Crippen molar-refractivity contribution in [3.05, 3.63) is 47.0 Å². The van der Waals surface area contributed by atoms with Gasteiger partial charge >= 0.3 is 0 Å². The van der Waals surface area contributed by atoms with Gasteiger partial charge in [0.15, 0.2) is 5.96 Å². The molecular weight excluding hydrogens is 282 g/mol. The van der Waals surface area contributed by atoms with Crippen molar-refractivity contribution in [2.45, 2.75) is 38.1 Å². The predicted octanol–water partition coefficient (Wildman–Crippen LogP) is 3.50. The van der Waals surface area contributed by atoms with Crippen molar-refractivity contribution < 1.29 is 0 Å². The third-order valence-electron chi connectivity index (χ3n) is 3.87. The Morgan fingerprint density at radius 2 is 1.95 bits per heavy atom. The van der Waals surface area contributed by atoms with Crippen LogP contribution in [0.25, 0.3) is 0 Å². The van der Waals surface area contributed by atoms with Gasteiger partial charge in [0.05, 0.1) is 0 Å². The molecule has 0 radical (unpaired) electrons. The number of halogens is 1. The van der Waals surface area contributed by atoms with Gasteiger partial charge in [-0.3, -0.25) is 4.99 Å². The summed E-state index contributed by atoms with van der Waals surface area (Å²) < 4.78 is 0. The lowest BCUT2D eigenvalue weighted by Gasteiger charge is -2.28. The summed E-state index contributed by atoms with van der Waals surface area (Å²) in [6.07, 6.45) is 6.54. The maximum Gasteiger partial charge on any atom is 0.191 e. The quantitative estimate of drug-likeness (QED) is 0.507. The fraction of sp³-hybridized carbons (Fsp3) is 0.471. The first-order valence-electron chi connectivity index (χ1n) is 7.40. The van der Waals surface area contributed by atoms with E-state index in [2.05, 4.69) is 47.7 Å². The number of nitrogens with one attached hydrogen (secondary N) is 2. The monoisotopic (exact) mass is 305 g/mol. The fourth-order valence-electron chi connectivity index (χ4n) is 2.53. The molecule has 0 spiro atoms. The zero-order valence-electron chi connectivity index (χ0n) is 13.0. The van der Waals surface area contributed by atoms with Crippen LogP contribution in [0.3, 0.4) is 0 Å². The Balaban J connectivity index is 1.95. The molecule has 21 heavy (non-hydrogen) atoms. The van der Waals surface area contributed by atoms with Crippen LogP contribution >= 0.6 is 11.6 Å². The molecule has 0 bridgehead atoms. The Morgan fingerprint density at radius 1 is 1.29 bits per heavy atom. The minimum atomic E-state index is -0.0656. The summed E-state index contributed by atoms with van der Waals surface area (Å²) in [6.45, 7) is 5.15. The molecule has 2 rings (SSSR count). The normalized spacial score (nSPS) is 16.3. The second kappa shape index (κ2) is 6.99. The number of aliphatic imine (C=N–C) groups is 1. The van der Waals surface area contributed by atoms with Gasteiger partial charge in [-0.1, -0.05) is 55.8 Å². The van der Waals surface area contributed by atoms with Crippen molar-refractivity contribution in [3.8, 4) is 0 Å². The molecule has 0 aliphatic heterocycles. The van der Waals surface area contributed by atoms with Crippen LogP contribution in [0.4, 0.5) is 0 Å². The third-order valence-corrected chi connectivity index (χ3v) is 4.20. The van der Waals surface area contributed by atoms with Gasteiger partial charge in [0.25, 0.3) is 0 Å². The first kappa shape index (κ1) is 15.9. The van der Waals surface area contributed by atoms with E-state index in [0.29, 0.717) is 6.04 Å². The lowest BCUT2D eigenvalue weighted by molar-refractivity contribution is 0.504. The molecule has 4 heteroatoms. The predicted molar refractivity (Wildman–Crippen MR) is 91.1 cm³/mol. The Labute approximate surface area is 132 Å². The summed E-state index contributed by atoms with van der Waals surface area (Å²) >= 11 is 6.31. The van der Waals surface area contributed by atoms with Crippen LogP contribution < -0.4 is 10.6 Å². The fourth-order valence-corrected chi connectivity index (χ4v) is 2.92. The molecule has 0 unspecified atom stereocenters. The molecule has 1 aliphatic rings. The van der Waals surface area contributed by atoms with Gasteiger partial charge < -0.3 is 10.6 Å². The molecule has 2 N–H and O–H groups in total. The maximum atomic E-state index is 6.31. The molecule has 114 valence electrons. The van der Waals surface area contributed by atoms with Crippen molar-refractivity contribution in [1.29, 1.82) is 0 Å². The third kappa shape index (κ3) is 4.24. The highest BCUT2D eigenvalue weighted by Gasteiger charge is 2.23. The lowest BCUT2D eigenvalue weighted by Crippen LogP contribution is -2.46. The summed E-state index contributed by atoms with van der Waals surface area (Å²) in [5, 5.41) is 7.67. The molecule has 3 nitrogen and oxygen atoms in total. The topological polar surface area (TPSA) is 36.4 Å². The first-order chi connectivity index (χ1) is 10.0. The highest BCUT2D eigenvalue weighted by Crippen LogP contribution is 2.28. The first-order valence-corrected chi connectivity index (χ1v) is 7.78. The molecule has 0 atom stereocenters. The number of rotatable bonds is 4. The van der Waals surface area contributed by atoms with E-state index in [9.17, 15) is 0 Å². The molecule has 1 aromatic carbocycles. The van der Waals surface area contributed by atoms with Crippen molar-refractivity contribution >= 4 is 17.6 Å². The minimum absolute atomic E-state index is 0.0656. The van der Waals surface area contributed by atoms with E-state index in [1.165, 1.54) is 0 Å². The number of hydrogen-bond donors (Lipinski definition) is 2. The number of hydrogen-bond acceptors (Lipinski definition) is 1. The summed E-state index contributed by atoms with van der Waals surface area (Å²) in [6, 6.07) is 8.47. The van der Waals surface area contributed by atoms with Crippen molar-refractivity contribution in [2.75, 3.05) is 13.6 Å². The van der Waals surface area contributed by atoms with Gasteiger partial charge in [-0.2, -0.15) is 0 Å². The number of guanidine groups is 1. The Bertz CT molecular complexity index is 527. The van der Waals surface area contributed by atoms with E-state index >= 15 is 0 Å². The molecular formula is C17H24ClN3. The SMILES string of the molecule is CN=C(NCC(C)(C)c1ccccc1Cl)NC1CC=CC1. The van der Waals surface area contributed by atoms with Gasteiger partial charge in [0.1, 0.15) is 0 Å². The number of benzene rings is 1. The smallest absolute Gasteiger partial charge is 0.191 e. The van der Waals surface area contributed by atoms with E-state index in [4.69, 9.17) is 11.6 Å². The Morgan fingerprint density at radius 3 is 2.57 bits per heavy atom. The maximum absolute atomic E-state index is 6.31. The average molecular weight is 306 g/mol. The van der Waals surface area contributed by atoms with Crippen molar-refractivity contribution in [1.82, 2.24) is 10.6 Å². The van der Waals surface area contributed by atoms with Crippen LogP contribution in [0, 0.1) is 0 Å². The van der Waals surface area contributed by atoms with Crippen LogP contribution in [0.15, 0.2) is 41.4 Å². The van der Waals surface area contributed by atoms with Crippen LogP contribution in [0.5, 0.6) is 0 Å². The van der Waals surface area contributed by atoms with E-state index in [-0.39, 0.29) is 5.41 Å². The molecule has 0 fully saturated rings. The van der Waals surface area contributed by atoms with Crippen LogP contribution in [0.2, 0.25) is 5.02 Å². The molecule has 0 saturated heterocycles. The standard InChI is InChI=1S/C17H24ClN3/c1-17(2,14-10-6-7-11-15(14)18)12-20-16(19-3)21-13-8-4-5-9-13/h4-7,10-11,13H,8-9,12H2,1-3H3,(H2,19,20,21). The van der Waals surface area contributed by atoms with Gasteiger partial charge in [-0.15, -0.1) is 0 Å². The summed E-state index contributed by atoms with van der Waals surface area (Å²) in [7, 11) is 1.81. The van der Waals surface area contributed by atoms with Crippen LogP contribution in [0.1, 0.15) is 32.3 Å². The van der Waals surface area contributed by atoms with Gasteiger partial charge in [0, 0.05) is 30.1 Å². The molecule has 0 aromatic heterocycles. The lowest BCUT2D eigenvalue weighted by atomic mass is 9.84. The molecule has 0 saturated carbocycles. The molecule has 0 heterocycles. The Kier molecular flexibility index (Phi) is 5.29. The average Bonchev–Trinajstić information content (AvgIpc) is 2.96. The molecule has 0 amide bonds. The molecule has 1 aliphatic carbocycles. The summed E-state index contributed by atoms with van der Waals surface area (Å²) in [5.41, 5.74) is 1.08. The minimum Gasteiger partial charge on any atom is -0.356 e. The zero-order chi connectivity index (χ0) is 15.3. The molecule has 1 aromatic rings. The van der Waals surface area contributed by atoms with E-state index < -0.39 is 0 Å². The van der Waals surface area contributed by atoms with Crippen molar-refractivity contribution in [3.63, 3.8) is 0 Å². The highest BCUT2D eigenvalue weighted by molar-refractivity contribution is 6.31. The van der Waals surface area contributed by atoms with E-state index in [1.54, 1.807) is 7.05 Å². The van der Waals surface area contributed by atoms with Gasteiger partial charge in [-0.05, 0) is 24.5 Å². The second-order valence-corrected chi connectivity index (χ2v) is 6.48. The summed E-state index contributed by atoms with van der Waals surface area (Å²) in [5.74, 6) is 0.851.